The average Bonchev–Trinajstić information content (AvgIpc) is 2.99. The summed E-state index contributed by atoms with van der Waals surface area (Å²) in [6.07, 6.45) is 0.142. The largest absolute Gasteiger partial charge is 0.457 e. The van der Waals surface area contributed by atoms with E-state index in [9.17, 15) is 9.59 Å². The minimum atomic E-state index is -0.420. The van der Waals surface area contributed by atoms with Crippen LogP contribution in [0, 0.1) is 0 Å². The number of hydrogen-bond acceptors (Lipinski definition) is 4. The number of esters is 1. The molecule has 0 amide bonds. The lowest BCUT2D eigenvalue weighted by atomic mass is 10.1. The Balaban J connectivity index is 1.59. The second kappa shape index (κ2) is 6.94. The highest BCUT2D eigenvalue weighted by Crippen LogP contribution is 2.22. The molecule has 0 spiro atoms. The number of benzene rings is 2. The summed E-state index contributed by atoms with van der Waals surface area (Å²) in [6, 6.07) is 17.0. The standard InChI is InChI=1S/C18H13ClO3S/c19-17-8-7-16(23-17)15(20)11-22-18(21)10-12-5-6-13-3-1-2-4-14(13)9-12/h1-9H,10-11H2. The van der Waals surface area contributed by atoms with Crippen LogP contribution in [0.2, 0.25) is 4.34 Å². The van der Waals surface area contributed by atoms with E-state index in [1.54, 1.807) is 12.1 Å². The predicted octanol–water partition coefficient (Wildman–Crippen LogP) is 4.52. The van der Waals surface area contributed by atoms with Crippen LogP contribution in [-0.4, -0.2) is 18.4 Å². The molecule has 0 radical (unpaired) electrons. The number of fused-ring (bicyclic) bond motifs is 1. The van der Waals surface area contributed by atoms with Crippen molar-refractivity contribution < 1.29 is 14.3 Å². The monoisotopic (exact) mass is 344 g/mol. The molecule has 116 valence electrons. The van der Waals surface area contributed by atoms with Crippen LogP contribution < -0.4 is 0 Å². The zero-order chi connectivity index (χ0) is 16.2. The Bertz CT molecular complexity index is 869. The van der Waals surface area contributed by atoms with Crippen LogP contribution in [0.15, 0.2) is 54.6 Å². The van der Waals surface area contributed by atoms with E-state index in [1.807, 2.05) is 42.5 Å². The van der Waals surface area contributed by atoms with Crippen LogP contribution in [0.5, 0.6) is 0 Å². The molecule has 2 aromatic carbocycles. The van der Waals surface area contributed by atoms with Gasteiger partial charge in [-0.2, -0.15) is 0 Å². The highest BCUT2D eigenvalue weighted by atomic mass is 35.5. The van der Waals surface area contributed by atoms with E-state index in [0.29, 0.717) is 9.21 Å². The lowest BCUT2D eigenvalue weighted by Gasteiger charge is -2.05. The van der Waals surface area contributed by atoms with E-state index in [4.69, 9.17) is 16.3 Å². The summed E-state index contributed by atoms with van der Waals surface area (Å²) < 4.78 is 5.60. The Labute approximate surface area is 142 Å². The molecule has 3 rings (SSSR count). The summed E-state index contributed by atoms with van der Waals surface area (Å²) >= 11 is 6.96. The van der Waals surface area contributed by atoms with Crippen molar-refractivity contribution in [3.05, 3.63) is 69.4 Å². The van der Waals surface area contributed by atoms with Gasteiger partial charge < -0.3 is 4.74 Å². The van der Waals surface area contributed by atoms with Gasteiger partial charge in [-0.15, -0.1) is 11.3 Å². The molecular weight excluding hydrogens is 332 g/mol. The maximum Gasteiger partial charge on any atom is 0.310 e. The maximum atomic E-state index is 11.9. The minimum absolute atomic E-state index is 0.142. The average molecular weight is 345 g/mol. The maximum absolute atomic E-state index is 11.9. The summed E-state index contributed by atoms with van der Waals surface area (Å²) in [4.78, 5) is 24.3. The molecule has 0 aliphatic rings. The van der Waals surface area contributed by atoms with Crippen LogP contribution in [0.3, 0.4) is 0 Å². The summed E-state index contributed by atoms with van der Waals surface area (Å²) in [7, 11) is 0. The first-order valence-corrected chi connectivity index (χ1v) is 8.23. The molecule has 0 aliphatic carbocycles. The van der Waals surface area contributed by atoms with Gasteiger partial charge >= 0.3 is 5.97 Å². The summed E-state index contributed by atoms with van der Waals surface area (Å²) in [5.41, 5.74) is 0.861. The molecule has 0 fully saturated rings. The predicted molar refractivity (Wildman–Crippen MR) is 92.3 cm³/mol. The molecule has 3 aromatic rings. The molecule has 0 saturated heterocycles. The number of Topliss-reactive ketones (excluding diaryl/α,β-unsaturated/α-hetero) is 1. The molecule has 0 unspecified atom stereocenters. The first-order valence-electron chi connectivity index (χ1n) is 7.04. The second-order valence-electron chi connectivity index (χ2n) is 5.05. The smallest absolute Gasteiger partial charge is 0.310 e. The van der Waals surface area contributed by atoms with Crippen molar-refractivity contribution in [2.24, 2.45) is 0 Å². The third-order valence-corrected chi connectivity index (χ3v) is 4.65. The number of ketones is 1. The van der Waals surface area contributed by atoms with E-state index < -0.39 is 5.97 Å². The van der Waals surface area contributed by atoms with E-state index in [-0.39, 0.29) is 18.8 Å². The van der Waals surface area contributed by atoms with Crippen molar-refractivity contribution in [1.82, 2.24) is 0 Å². The molecule has 1 aromatic heterocycles. The minimum Gasteiger partial charge on any atom is -0.457 e. The van der Waals surface area contributed by atoms with Crippen LogP contribution in [0.4, 0.5) is 0 Å². The van der Waals surface area contributed by atoms with Crippen molar-refractivity contribution in [2.45, 2.75) is 6.42 Å². The Morgan fingerprint density at radius 3 is 2.52 bits per heavy atom. The van der Waals surface area contributed by atoms with Gasteiger partial charge in [0.15, 0.2) is 6.61 Å². The van der Waals surface area contributed by atoms with E-state index >= 15 is 0 Å². The van der Waals surface area contributed by atoms with Gasteiger partial charge in [0.1, 0.15) is 0 Å². The number of carbonyl (C=O) groups excluding carboxylic acids is 2. The number of halogens is 1. The van der Waals surface area contributed by atoms with E-state index in [0.717, 1.165) is 16.3 Å². The van der Waals surface area contributed by atoms with Crippen molar-refractivity contribution in [2.75, 3.05) is 6.61 Å². The zero-order valence-corrected chi connectivity index (χ0v) is 13.7. The number of hydrogen-bond donors (Lipinski definition) is 0. The van der Waals surface area contributed by atoms with Gasteiger partial charge in [-0.05, 0) is 28.5 Å². The molecule has 1 heterocycles. The highest BCUT2D eigenvalue weighted by molar-refractivity contribution is 7.18. The van der Waals surface area contributed by atoms with E-state index in [1.165, 1.54) is 11.3 Å². The molecule has 23 heavy (non-hydrogen) atoms. The SMILES string of the molecule is O=C(Cc1ccc2ccccc2c1)OCC(=O)c1ccc(Cl)s1. The van der Waals surface area contributed by atoms with Gasteiger partial charge in [0.2, 0.25) is 5.78 Å². The lowest BCUT2D eigenvalue weighted by Crippen LogP contribution is -2.14. The van der Waals surface area contributed by atoms with E-state index in [2.05, 4.69) is 0 Å². The Morgan fingerprint density at radius 1 is 1.00 bits per heavy atom. The van der Waals surface area contributed by atoms with Gasteiger partial charge in [0, 0.05) is 0 Å². The third kappa shape index (κ3) is 3.97. The lowest BCUT2D eigenvalue weighted by molar-refractivity contribution is -0.141. The van der Waals surface area contributed by atoms with Crippen molar-refractivity contribution in [1.29, 1.82) is 0 Å². The number of ether oxygens (including phenoxy) is 1. The summed E-state index contributed by atoms with van der Waals surface area (Å²) in [6.45, 7) is -0.261. The summed E-state index contributed by atoms with van der Waals surface area (Å²) in [5.74, 6) is -0.662. The van der Waals surface area contributed by atoms with Crippen LogP contribution >= 0.6 is 22.9 Å². The first kappa shape index (κ1) is 15.7. The van der Waals surface area contributed by atoms with Crippen LogP contribution in [0.1, 0.15) is 15.2 Å². The third-order valence-electron chi connectivity index (χ3n) is 3.37. The van der Waals surface area contributed by atoms with Crippen molar-refractivity contribution in [3.8, 4) is 0 Å². The van der Waals surface area contributed by atoms with Crippen molar-refractivity contribution in [3.63, 3.8) is 0 Å². The van der Waals surface area contributed by atoms with Gasteiger partial charge in [-0.25, -0.2) is 0 Å². The molecular formula is C18H13ClO3S. The molecule has 0 atom stereocenters. The topological polar surface area (TPSA) is 43.4 Å². The van der Waals surface area contributed by atoms with Gasteiger partial charge in [0.25, 0.3) is 0 Å². The second-order valence-corrected chi connectivity index (χ2v) is 6.76. The highest BCUT2D eigenvalue weighted by Gasteiger charge is 2.12. The zero-order valence-electron chi connectivity index (χ0n) is 12.1. The number of carbonyl (C=O) groups is 2. The Kier molecular flexibility index (Phi) is 4.74. The van der Waals surface area contributed by atoms with Gasteiger partial charge in [0.05, 0.1) is 15.6 Å². The molecule has 5 heteroatoms. The summed E-state index contributed by atoms with van der Waals surface area (Å²) in [5, 5.41) is 2.19. The quantitative estimate of drug-likeness (QED) is 0.504. The Morgan fingerprint density at radius 2 is 1.78 bits per heavy atom. The molecule has 0 bridgehead atoms. The van der Waals surface area contributed by atoms with Crippen LogP contribution in [-0.2, 0) is 16.0 Å². The number of thiophene rings is 1. The van der Waals surface area contributed by atoms with Crippen molar-refractivity contribution >= 4 is 45.5 Å². The normalized spacial score (nSPS) is 10.7. The fourth-order valence-corrected chi connectivity index (χ4v) is 3.22. The molecule has 0 N–H and O–H groups in total. The van der Waals surface area contributed by atoms with Crippen LogP contribution in [0.25, 0.3) is 10.8 Å². The Hall–Kier alpha value is -2.17. The first-order chi connectivity index (χ1) is 11.1. The molecule has 0 saturated carbocycles. The number of rotatable bonds is 5. The fraction of sp³-hybridized carbons (Fsp3) is 0.111. The fourth-order valence-electron chi connectivity index (χ4n) is 2.25. The van der Waals surface area contributed by atoms with Gasteiger partial charge in [-0.3, -0.25) is 9.59 Å². The molecule has 3 nitrogen and oxygen atoms in total. The van der Waals surface area contributed by atoms with Gasteiger partial charge in [-0.1, -0.05) is 54.1 Å². The molecule has 0 aliphatic heterocycles.